The fourth-order valence-electron chi connectivity index (χ4n) is 3.19. The monoisotopic (exact) mass is 377 g/mol. The van der Waals surface area contributed by atoms with Gasteiger partial charge in [-0.05, 0) is 64.1 Å². The summed E-state index contributed by atoms with van der Waals surface area (Å²) in [4.78, 5) is 15.2. The number of nitro groups is 1. The van der Waals surface area contributed by atoms with Gasteiger partial charge in [0.25, 0.3) is 5.69 Å². The van der Waals surface area contributed by atoms with Crippen molar-refractivity contribution in [2.24, 2.45) is 4.99 Å². The van der Waals surface area contributed by atoms with Crippen LogP contribution in [-0.4, -0.2) is 22.3 Å². The van der Waals surface area contributed by atoms with Crippen molar-refractivity contribution in [1.82, 2.24) is 4.57 Å². The van der Waals surface area contributed by atoms with Crippen molar-refractivity contribution >= 4 is 17.6 Å². The molecule has 1 aromatic heterocycles. The van der Waals surface area contributed by atoms with Gasteiger partial charge in [-0.15, -0.1) is 0 Å². The molecule has 0 saturated heterocycles. The zero-order valence-corrected chi connectivity index (χ0v) is 16.5. The van der Waals surface area contributed by atoms with Crippen LogP contribution in [0.5, 0.6) is 5.75 Å². The Balaban J connectivity index is 1.91. The number of nitro benzene ring substituents is 1. The Labute approximate surface area is 164 Å². The Hall–Kier alpha value is -3.41. The lowest BCUT2D eigenvalue weighted by atomic mass is 10.2. The summed E-state index contributed by atoms with van der Waals surface area (Å²) in [6.45, 7) is 8.39. The van der Waals surface area contributed by atoms with Crippen LogP contribution in [0.2, 0.25) is 0 Å². The normalized spacial score (nSPS) is 11.1. The van der Waals surface area contributed by atoms with Crippen molar-refractivity contribution in [3.63, 3.8) is 0 Å². The summed E-state index contributed by atoms with van der Waals surface area (Å²) in [5.41, 5.74) is 5.40. The first-order chi connectivity index (χ1) is 13.4. The quantitative estimate of drug-likeness (QED) is 0.325. The van der Waals surface area contributed by atoms with Crippen LogP contribution in [-0.2, 0) is 0 Å². The zero-order chi connectivity index (χ0) is 20.3. The highest BCUT2D eigenvalue weighted by Gasteiger charge is 2.12. The minimum absolute atomic E-state index is 0.0783. The molecule has 0 unspecified atom stereocenters. The van der Waals surface area contributed by atoms with Gasteiger partial charge in [0.05, 0.1) is 17.2 Å². The Morgan fingerprint density at radius 1 is 1.11 bits per heavy atom. The Bertz CT molecular complexity index is 1030. The van der Waals surface area contributed by atoms with Crippen molar-refractivity contribution in [2.45, 2.75) is 27.7 Å². The van der Waals surface area contributed by atoms with Gasteiger partial charge in [-0.25, -0.2) is 0 Å². The number of hydrogen-bond donors (Lipinski definition) is 0. The maximum absolute atomic E-state index is 11.1. The lowest BCUT2D eigenvalue weighted by Crippen LogP contribution is -2.00. The van der Waals surface area contributed by atoms with Gasteiger partial charge >= 0.3 is 0 Å². The smallest absolute Gasteiger partial charge is 0.274 e. The number of nitrogens with zero attached hydrogens (tertiary/aromatic N) is 3. The first kappa shape index (κ1) is 19.4. The maximum Gasteiger partial charge on any atom is 0.274 e. The largest absolute Gasteiger partial charge is 0.494 e. The van der Waals surface area contributed by atoms with Crippen molar-refractivity contribution < 1.29 is 9.66 Å². The highest BCUT2D eigenvalue weighted by molar-refractivity contribution is 5.84. The Kier molecular flexibility index (Phi) is 5.59. The van der Waals surface area contributed by atoms with Gasteiger partial charge in [0, 0.05) is 40.5 Å². The highest BCUT2D eigenvalue weighted by atomic mass is 16.6. The van der Waals surface area contributed by atoms with Crippen LogP contribution < -0.4 is 4.74 Å². The molecule has 1 heterocycles. The van der Waals surface area contributed by atoms with E-state index in [-0.39, 0.29) is 10.6 Å². The summed E-state index contributed by atoms with van der Waals surface area (Å²) in [5, 5.41) is 11.1. The molecule has 0 N–H and O–H groups in total. The molecule has 0 atom stereocenters. The minimum Gasteiger partial charge on any atom is -0.494 e. The van der Waals surface area contributed by atoms with E-state index in [0.717, 1.165) is 28.4 Å². The molecule has 0 radical (unpaired) electrons. The van der Waals surface area contributed by atoms with E-state index in [0.29, 0.717) is 17.9 Å². The summed E-state index contributed by atoms with van der Waals surface area (Å²) in [6.07, 6.45) is 1.75. The summed E-state index contributed by atoms with van der Waals surface area (Å²) in [5.74, 6) is 0.844. The SMILES string of the molecule is CCOc1ccc(-n2c(C)cc(C=Nc3ccc(C)c([N+](=O)[O-])c3)c2C)cc1. The Morgan fingerprint density at radius 3 is 2.46 bits per heavy atom. The predicted octanol–water partition coefficient (Wildman–Crippen LogP) is 5.46. The topological polar surface area (TPSA) is 69.7 Å². The molecular weight excluding hydrogens is 354 g/mol. The van der Waals surface area contributed by atoms with Crippen LogP contribution in [0.25, 0.3) is 5.69 Å². The number of benzene rings is 2. The van der Waals surface area contributed by atoms with Crippen LogP contribution in [0.4, 0.5) is 11.4 Å². The first-order valence-electron chi connectivity index (χ1n) is 9.12. The molecule has 6 heteroatoms. The number of hydrogen-bond acceptors (Lipinski definition) is 4. The molecule has 2 aromatic carbocycles. The average Bonchev–Trinajstić information content (AvgIpc) is 2.95. The molecule has 0 aliphatic carbocycles. The fraction of sp³-hybridized carbons (Fsp3) is 0.227. The molecule has 3 rings (SSSR count). The van der Waals surface area contributed by atoms with Crippen molar-refractivity contribution in [3.05, 3.63) is 81.2 Å². The van der Waals surface area contributed by atoms with Crippen LogP contribution in [0.1, 0.15) is 29.4 Å². The average molecular weight is 377 g/mol. The van der Waals surface area contributed by atoms with Gasteiger partial charge in [0.2, 0.25) is 0 Å². The highest BCUT2D eigenvalue weighted by Crippen LogP contribution is 2.25. The number of ether oxygens (including phenoxy) is 1. The van der Waals surface area contributed by atoms with Crippen molar-refractivity contribution in [1.29, 1.82) is 0 Å². The van der Waals surface area contributed by atoms with Gasteiger partial charge in [-0.3, -0.25) is 15.1 Å². The summed E-state index contributed by atoms with van der Waals surface area (Å²) in [6, 6.07) is 15.0. The number of aromatic nitrogens is 1. The number of aryl methyl sites for hydroxylation is 2. The number of aliphatic imine (C=N–C) groups is 1. The van der Waals surface area contributed by atoms with E-state index in [9.17, 15) is 10.1 Å². The third-order valence-corrected chi connectivity index (χ3v) is 4.62. The molecule has 0 amide bonds. The van der Waals surface area contributed by atoms with Gasteiger partial charge in [-0.2, -0.15) is 0 Å². The zero-order valence-electron chi connectivity index (χ0n) is 16.5. The third-order valence-electron chi connectivity index (χ3n) is 4.62. The van der Waals surface area contributed by atoms with E-state index in [4.69, 9.17) is 4.74 Å². The molecular formula is C22H23N3O3. The molecule has 0 fully saturated rings. The van der Waals surface area contributed by atoms with Crippen molar-refractivity contribution in [3.8, 4) is 11.4 Å². The van der Waals surface area contributed by atoms with E-state index in [2.05, 4.69) is 15.6 Å². The van der Waals surface area contributed by atoms with Gasteiger partial charge in [0.15, 0.2) is 0 Å². The molecule has 28 heavy (non-hydrogen) atoms. The molecule has 0 spiro atoms. The maximum atomic E-state index is 11.1. The summed E-state index contributed by atoms with van der Waals surface area (Å²) in [7, 11) is 0. The van der Waals surface area contributed by atoms with Crippen LogP contribution in [0.15, 0.2) is 53.5 Å². The second-order valence-electron chi connectivity index (χ2n) is 6.57. The van der Waals surface area contributed by atoms with Gasteiger partial charge in [0.1, 0.15) is 5.75 Å². The fourth-order valence-corrected chi connectivity index (χ4v) is 3.19. The first-order valence-corrected chi connectivity index (χ1v) is 9.12. The molecule has 0 saturated carbocycles. The van der Waals surface area contributed by atoms with E-state index in [1.165, 1.54) is 6.07 Å². The van der Waals surface area contributed by atoms with Crippen LogP contribution in [0.3, 0.4) is 0 Å². The number of rotatable bonds is 6. The standard InChI is InChI=1S/C22H23N3O3/c1-5-28-21-10-8-20(9-11-21)24-16(3)12-18(17(24)4)14-23-19-7-6-15(2)22(13-19)25(26)27/h6-14H,5H2,1-4H3. The lowest BCUT2D eigenvalue weighted by Gasteiger charge is -2.10. The molecule has 0 aliphatic heterocycles. The molecule has 6 nitrogen and oxygen atoms in total. The predicted molar refractivity (Wildman–Crippen MR) is 111 cm³/mol. The molecule has 0 bridgehead atoms. The van der Waals surface area contributed by atoms with Gasteiger partial charge in [-0.1, -0.05) is 6.07 Å². The van der Waals surface area contributed by atoms with Crippen molar-refractivity contribution in [2.75, 3.05) is 6.61 Å². The van der Waals surface area contributed by atoms with E-state index >= 15 is 0 Å². The van der Waals surface area contributed by atoms with E-state index in [1.807, 2.05) is 45.0 Å². The molecule has 0 aliphatic rings. The summed E-state index contributed by atoms with van der Waals surface area (Å²) < 4.78 is 7.65. The summed E-state index contributed by atoms with van der Waals surface area (Å²) >= 11 is 0. The molecule has 144 valence electrons. The van der Waals surface area contributed by atoms with Crippen LogP contribution in [0, 0.1) is 30.9 Å². The second-order valence-corrected chi connectivity index (χ2v) is 6.57. The van der Waals surface area contributed by atoms with E-state index < -0.39 is 0 Å². The third kappa shape index (κ3) is 3.96. The molecule has 3 aromatic rings. The van der Waals surface area contributed by atoms with Crippen LogP contribution >= 0.6 is 0 Å². The minimum atomic E-state index is -0.383. The lowest BCUT2D eigenvalue weighted by molar-refractivity contribution is -0.385. The van der Waals surface area contributed by atoms with Gasteiger partial charge < -0.3 is 9.30 Å². The van der Waals surface area contributed by atoms with E-state index in [1.54, 1.807) is 25.3 Å². The Morgan fingerprint density at radius 2 is 1.82 bits per heavy atom. The second kappa shape index (κ2) is 8.08.